The van der Waals surface area contributed by atoms with Crippen molar-refractivity contribution in [2.75, 3.05) is 12.4 Å². The quantitative estimate of drug-likeness (QED) is 0.840. The highest BCUT2D eigenvalue weighted by Crippen LogP contribution is 2.33. The van der Waals surface area contributed by atoms with Crippen molar-refractivity contribution >= 4 is 11.8 Å². The molecule has 0 saturated heterocycles. The second kappa shape index (κ2) is 8.08. The molecule has 1 aliphatic rings. The minimum absolute atomic E-state index is 0.221. The van der Waals surface area contributed by atoms with Crippen LogP contribution in [0, 0.1) is 0 Å². The summed E-state index contributed by atoms with van der Waals surface area (Å²) in [6.07, 6.45) is 0.939. The summed E-state index contributed by atoms with van der Waals surface area (Å²) in [6, 6.07) is 13.5. The van der Waals surface area contributed by atoms with E-state index in [4.69, 9.17) is 9.47 Å². The Morgan fingerprint density at radius 1 is 1.31 bits per heavy atom. The molecule has 1 aromatic carbocycles. The molecule has 1 aliphatic heterocycles. The first-order valence-corrected chi connectivity index (χ1v) is 8.94. The van der Waals surface area contributed by atoms with E-state index >= 15 is 0 Å². The first-order chi connectivity index (χ1) is 12.6. The van der Waals surface area contributed by atoms with Crippen LogP contribution >= 0.6 is 0 Å². The summed E-state index contributed by atoms with van der Waals surface area (Å²) in [5.74, 6) is 0.526. The summed E-state index contributed by atoms with van der Waals surface area (Å²) >= 11 is 0. The number of aromatic nitrogens is 1. The fourth-order valence-corrected chi connectivity index (χ4v) is 3.16. The zero-order valence-corrected chi connectivity index (χ0v) is 15.4. The maximum atomic E-state index is 12.4. The third-order valence-electron chi connectivity index (χ3n) is 4.66. The van der Waals surface area contributed by atoms with E-state index in [2.05, 4.69) is 22.5 Å². The lowest BCUT2D eigenvalue weighted by Gasteiger charge is -2.32. The second-order valence-electron chi connectivity index (χ2n) is 6.43. The molecule has 0 saturated carbocycles. The van der Waals surface area contributed by atoms with Gasteiger partial charge in [-0.25, -0.2) is 9.78 Å². The molecule has 1 amide bonds. The van der Waals surface area contributed by atoms with Crippen LogP contribution in [0.2, 0.25) is 0 Å². The topological polar surface area (TPSA) is 72.5 Å². The first-order valence-electron chi connectivity index (χ1n) is 8.94. The van der Waals surface area contributed by atoms with E-state index in [1.165, 1.54) is 0 Å². The Morgan fingerprint density at radius 3 is 2.77 bits per heavy atom. The van der Waals surface area contributed by atoms with Gasteiger partial charge in [-0.3, -0.25) is 0 Å². The Balaban J connectivity index is 1.73. The Labute approximate surface area is 153 Å². The molecule has 2 aromatic rings. The van der Waals surface area contributed by atoms with Gasteiger partial charge in [0.25, 0.3) is 0 Å². The van der Waals surface area contributed by atoms with Gasteiger partial charge in [-0.1, -0.05) is 37.3 Å². The number of fused-ring (bicyclic) bond motifs is 1. The third kappa shape index (κ3) is 4.07. The summed E-state index contributed by atoms with van der Waals surface area (Å²) < 4.78 is 10.8. The van der Waals surface area contributed by atoms with Crippen LogP contribution < -0.4 is 15.4 Å². The minimum Gasteiger partial charge on any atom is -0.481 e. The molecule has 1 aromatic heterocycles. The molecule has 3 rings (SSSR count). The number of pyridine rings is 1. The van der Waals surface area contributed by atoms with E-state index in [0.717, 1.165) is 29.8 Å². The molecule has 2 heterocycles. The molecule has 6 heteroatoms. The van der Waals surface area contributed by atoms with Crippen molar-refractivity contribution < 1.29 is 14.3 Å². The lowest BCUT2D eigenvalue weighted by atomic mass is 9.96. The predicted molar refractivity (Wildman–Crippen MR) is 100 cm³/mol. The van der Waals surface area contributed by atoms with Gasteiger partial charge in [-0.05, 0) is 31.4 Å². The summed E-state index contributed by atoms with van der Waals surface area (Å²) in [5.41, 5.74) is 2.66. The molecule has 2 N–H and O–H groups in total. The molecule has 0 unspecified atom stereocenters. The average Bonchev–Trinajstić information content (AvgIpc) is 2.68. The van der Waals surface area contributed by atoms with Gasteiger partial charge in [0.2, 0.25) is 5.88 Å². The number of nitrogens with zero attached hydrogens (tertiary/aromatic N) is 1. The molecule has 6 nitrogen and oxygen atoms in total. The number of rotatable bonds is 5. The van der Waals surface area contributed by atoms with Crippen LogP contribution in [0.15, 0.2) is 42.5 Å². The number of carbonyl (C=O) groups excluding carboxylic acids is 1. The van der Waals surface area contributed by atoms with E-state index in [9.17, 15) is 4.79 Å². The third-order valence-corrected chi connectivity index (χ3v) is 4.66. The normalized spacial score (nSPS) is 19.7. The lowest BCUT2D eigenvalue weighted by molar-refractivity contribution is 0.102. The van der Waals surface area contributed by atoms with Crippen molar-refractivity contribution in [1.29, 1.82) is 0 Å². The summed E-state index contributed by atoms with van der Waals surface area (Å²) in [7, 11) is 1.58. The van der Waals surface area contributed by atoms with Gasteiger partial charge in [0, 0.05) is 12.1 Å². The van der Waals surface area contributed by atoms with Gasteiger partial charge < -0.3 is 20.1 Å². The number of amides is 1. The van der Waals surface area contributed by atoms with Gasteiger partial charge in [-0.15, -0.1) is 0 Å². The van der Waals surface area contributed by atoms with Crippen LogP contribution in [-0.2, 0) is 4.74 Å². The van der Waals surface area contributed by atoms with Crippen molar-refractivity contribution in [3.05, 3.63) is 53.7 Å². The van der Waals surface area contributed by atoms with Crippen molar-refractivity contribution in [1.82, 2.24) is 10.3 Å². The first kappa shape index (κ1) is 18.0. The number of hydrogen-bond donors (Lipinski definition) is 2. The molecular formula is C20H25N3O3. The monoisotopic (exact) mass is 355 g/mol. The van der Waals surface area contributed by atoms with Gasteiger partial charge in [0.05, 0.1) is 24.5 Å². The summed E-state index contributed by atoms with van der Waals surface area (Å²) in [4.78, 5) is 17.0. The SMILES string of the molecule is CC[C@@H]1C[C@H](NC(=O)O[C@H](C)c2ccccc2)c2nc(OC)ccc2N1. The van der Waals surface area contributed by atoms with Crippen molar-refractivity contribution in [2.45, 2.75) is 44.9 Å². The van der Waals surface area contributed by atoms with Crippen molar-refractivity contribution in [2.24, 2.45) is 0 Å². The fraction of sp³-hybridized carbons (Fsp3) is 0.400. The number of benzene rings is 1. The minimum atomic E-state index is -0.446. The molecular weight excluding hydrogens is 330 g/mol. The van der Waals surface area contributed by atoms with E-state index in [1.54, 1.807) is 7.11 Å². The summed E-state index contributed by atoms with van der Waals surface area (Å²) in [5, 5.41) is 6.43. The van der Waals surface area contributed by atoms with Crippen LogP contribution in [0.4, 0.5) is 10.5 Å². The van der Waals surface area contributed by atoms with Crippen molar-refractivity contribution in [3.63, 3.8) is 0 Å². The molecule has 26 heavy (non-hydrogen) atoms. The van der Waals surface area contributed by atoms with Crippen LogP contribution in [-0.4, -0.2) is 24.2 Å². The Morgan fingerprint density at radius 2 is 2.08 bits per heavy atom. The van der Waals surface area contributed by atoms with Crippen LogP contribution in [0.3, 0.4) is 0 Å². The van der Waals surface area contributed by atoms with Gasteiger partial charge in [0.1, 0.15) is 6.10 Å². The van der Waals surface area contributed by atoms with Crippen LogP contribution in [0.25, 0.3) is 0 Å². The lowest BCUT2D eigenvalue weighted by Crippen LogP contribution is -2.38. The highest BCUT2D eigenvalue weighted by Gasteiger charge is 2.29. The Hall–Kier alpha value is -2.76. The molecule has 3 atom stereocenters. The van der Waals surface area contributed by atoms with Crippen LogP contribution in [0.5, 0.6) is 5.88 Å². The zero-order chi connectivity index (χ0) is 18.5. The molecule has 0 spiro atoms. The average molecular weight is 355 g/mol. The molecule has 138 valence electrons. The molecule has 0 fully saturated rings. The number of nitrogens with one attached hydrogen (secondary N) is 2. The van der Waals surface area contributed by atoms with Gasteiger partial charge in [-0.2, -0.15) is 0 Å². The number of alkyl carbamates (subject to hydrolysis) is 1. The van der Waals surface area contributed by atoms with Gasteiger partial charge in [0.15, 0.2) is 0 Å². The molecule has 0 aliphatic carbocycles. The molecule has 0 radical (unpaired) electrons. The number of hydrogen-bond acceptors (Lipinski definition) is 5. The number of anilines is 1. The van der Waals surface area contributed by atoms with Crippen LogP contribution in [0.1, 0.15) is 50.1 Å². The standard InChI is InChI=1S/C20H25N3O3/c1-4-15-12-17(19-16(21-15)10-11-18(23-19)25-3)22-20(24)26-13(2)14-8-6-5-7-9-14/h5-11,13,15,17,21H,4,12H2,1-3H3,(H,22,24)/t13-,15-,17+/m1/s1. The largest absolute Gasteiger partial charge is 0.481 e. The Bertz CT molecular complexity index is 751. The zero-order valence-electron chi connectivity index (χ0n) is 15.4. The van der Waals surface area contributed by atoms with Crippen molar-refractivity contribution in [3.8, 4) is 5.88 Å². The predicted octanol–water partition coefficient (Wildman–Crippen LogP) is 4.21. The Kier molecular flexibility index (Phi) is 5.61. The number of ether oxygens (including phenoxy) is 2. The number of carbonyl (C=O) groups is 1. The maximum Gasteiger partial charge on any atom is 0.408 e. The smallest absolute Gasteiger partial charge is 0.408 e. The second-order valence-corrected chi connectivity index (χ2v) is 6.43. The highest BCUT2D eigenvalue weighted by molar-refractivity contribution is 5.69. The summed E-state index contributed by atoms with van der Waals surface area (Å²) in [6.45, 7) is 3.98. The van der Waals surface area contributed by atoms with E-state index in [-0.39, 0.29) is 18.2 Å². The van der Waals surface area contributed by atoms with E-state index in [1.807, 2.05) is 49.4 Å². The van der Waals surface area contributed by atoms with Gasteiger partial charge >= 0.3 is 6.09 Å². The highest BCUT2D eigenvalue weighted by atomic mass is 16.6. The fourth-order valence-electron chi connectivity index (χ4n) is 3.16. The van der Waals surface area contributed by atoms with E-state index < -0.39 is 6.09 Å². The number of methoxy groups -OCH3 is 1. The van der Waals surface area contributed by atoms with E-state index in [0.29, 0.717) is 5.88 Å². The molecule has 0 bridgehead atoms. The maximum absolute atomic E-state index is 12.4.